The molecule has 0 bridgehead atoms. The zero-order chi connectivity index (χ0) is 15.0. The summed E-state index contributed by atoms with van der Waals surface area (Å²) in [6.45, 7) is 2.03. The Morgan fingerprint density at radius 1 is 1.30 bits per heavy atom. The fraction of sp³-hybridized carbons (Fsp3) is 0.267. The van der Waals surface area contributed by atoms with Gasteiger partial charge in [0.15, 0.2) is 6.07 Å². The van der Waals surface area contributed by atoms with Crippen molar-refractivity contribution in [2.45, 2.75) is 24.7 Å². The number of hydrogen-bond acceptors (Lipinski definition) is 3. The normalized spacial score (nSPS) is 9.75. The van der Waals surface area contributed by atoms with Crippen LogP contribution in [0.25, 0.3) is 0 Å². The van der Waals surface area contributed by atoms with Crippen molar-refractivity contribution < 1.29 is 8.42 Å². The van der Waals surface area contributed by atoms with Crippen molar-refractivity contribution in [1.82, 2.24) is 4.31 Å². The number of sulfonamides is 1. The van der Waals surface area contributed by atoms with Gasteiger partial charge in [-0.2, -0.15) is 5.26 Å². The minimum atomic E-state index is -3.73. The molecule has 0 heterocycles. The highest BCUT2D eigenvalue weighted by Gasteiger charge is 2.21. The molecule has 0 fully saturated rings. The van der Waals surface area contributed by atoms with E-state index in [1.54, 1.807) is 18.2 Å². The monoisotopic (exact) mass is 286 g/mol. The van der Waals surface area contributed by atoms with Gasteiger partial charge in [-0.25, -0.2) is 12.7 Å². The third kappa shape index (κ3) is 4.05. The number of nitriles is 1. The molecular formula is C15H14N2O2S. The summed E-state index contributed by atoms with van der Waals surface area (Å²) in [6, 6.07) is 10.4. The molecule has 1 aromatic carbocycles. The van der Waals surface area contributed by atoms with Gasteiger partial charge in [0.05, 0.1) is 4.90 Å². The van der Waals surface area contributed by atoms with Crippen LogP contribution < -0.4 is 0 Å². The Hall–Kier alpha value is -2.42. The number of nitrogens with zero attached hydrogens (tertiary/aromatic N) is 2. The van der Waals surface area contributed by atoms with Crippen LogP contribution in [0.4, 0.5) is 0 Å². The Bertz CT molecular complexity index is 695. The molecule has 0 aliphatic heterocycles. The Balaban J connectivity index is 3.08. The topological polar surface area (TPSA) is 61.2 Å². The minimum absolute atomic E-state index is 0.149. The van der Waals surface area contributed by atoms with Crippen LogP contribution in [-0.2, 0) is 10.0 Å². The number of benzene rings is 1. The average molecular weight is 286 g/mol. The fourth-order valence-electron chi connectivity index (χ4n) is 1.49. The molecule has 0 saturated carbocycles. The molecule has 0 unspecified atom stereocenters. The highest BCUT2D eigenvalue weighted by atomic mass is 32.2. The van der Waals surface area contributed by atoms with Crippen LogP contribution >= 0.6 is 0 Å². The van der Waals surface area contributed by atoms with E-state index in [1.807, 2.05) is 6.92 Å². The Morgan fingerprint density at radius 3 is 2.50 bits per heavy atom. The third-order valence-electron chi connectivity index (χ3n) is 2.53. The summed E-state index contributed by atoms with van der Waals surface area (Å²) in [5.41, 5.74) is 0.964. The molecule has 102 valence electrons. The summed E-state index contributed by atoms with van der Waals surface area (Å²) in [5, 5.41) is 8.48. The van der Waals surface area contributed by atoms with E-state index < -0.39 is 10.0 Å². The van der Waals surface area contributed by atoms with E-state index >= 15 is 0 Å². The SMILES string of the molecule is C#CCCCN(C#CC#N)S(=O)(=O)c1ccc(C)cc1. The van der Waals surface area contributed by atoms with E-state index in [-0.39, 0.29) is 11.4 Å². The molecule has 20 heavy (non-hydrogen) atoms. The highest BCUT2D eigenvalue weighted by molar-refractivity contribution is 7.89. The van der Waals surface area contributed by atoms with E-state index in [9.17, 15) is 8.42 Å². The molecule has 0 atom stereocenters. The summed E-state index contributed by atoms with van der Waals surface area (Å²) >= 11 is 0. The standard InChI is InChI=1S/C15H14N2O2S/c1-3-4-5-12-17(13-6-11-16)20(18,19)15-9-7-14(2)8-10-15/h1,7-10H,4-5,12H2,2H3. The smallest absolute Gasteiger partial charge is 0.224 e. The van der Waals surface area contributed by atoms with Crippen LogP contribution in [0.2, 0.25) is 0 Å². The number of unbranched alkanes of at least 4 members (excludes halogenated alkanes) is 1. The summed E-state index contributed by atoms with van der Waals surface area (Å²) in [4.78, 5) is 0.149. The predicted molar refractivity (Wildman–Crippen MR) is 76.5 cm³/mol. The van der Waals surface area contributed by atoms with Gasteiger partial charge < -0.3 is 0 Å². The molecule has 0 spiro atoms. The van der Waals surface area contributed by atoms with Crippen LogP contribution in [0.1, 0.15) is 18.4 Å². The van der Waals surface area contributed by atoms with E-state index in [2.05, 4.69) is 17.9 Å². The number of hydrogen-bond donors (Lipinski definition) is 0. The van der Waals surface area contributed by atoms with Crippen molar-refractivity contribution >= 4 is 10.0 Å². The summed E-state index contributed by atoms with van der Waals surface area (Å²) in [5.74, 6) is 4.56. The molecule has 5 heteroatoms. The molecule has 1 rings (SSSR count). The number of aryl methyl sites for hydroxylation is 1. The quantitative estimate of drug-likeness (QED) is 0.472. The Kier molecular flexibility index (Phi) is 5.66. The van der Waals surface area contributed by atoms with Crippen molar-refractivity contribution in [2.24, 2.45) is 0 Å². The first-order valence-corrected chi connectivity index (χ1v) is 7.39. The molecule has 1 aromatic rings. The maximum atomic E-state index is 12.4. The second kappa shape index (κ2) is 7.24. The van der Waals surface area contributed by atoms with Gasteiger partial charge in [-0.05, 0) is 25.5 Å². The minimum Gasteiger partial charge on any atom is -0.224 e. The lowest BCUT2D eigenvalue weighted by Gasteiger charge is -2.17. The third-order valence-corrected chi connectivity index (χ3v) is 4.25. The fourth-order valence-corrected chi connectivity index (χ4v) is 2.76. The lowest BCUT2D eigenvalue weighted by molar-refractivity contribution is 0.504. The van der Waals surface area contributed by atoms with Crippen LogP contribution in [0, 0.1) is 42.6 Å². The van der Waals surface area contributed by atoms with Crippen LogP contribution in [0.5, 0.6) is 0 Å². The zero-order valence-electron chi connectivity index (χ0n) is 11.1. The van der Waals surface area contributed by atoms with Gasteiger partial charge in [0.2, 0.25) is 0 Å². The molecule has 4 nitrogen and oxygen atoms in total. The molecule has 0 amide bonds. The first kappa shape index (κ1) is 15.6. The number of rotatable bonds is 5. The second-order valence-electron chi connectivity index (χ2n) is 4.05. The molecule has 0 aliphatic carbocycles. The maximum Gasteiger partial charge on any atom is 0.271 e. The first-order chi connectivity index (χ1) is 9.52. The number of terminal acetylenes is 1. The summed E-state index contributed by atoms with van der Waals surface area (Å²) in [7, 11) is -3.73. The Labute approximate surface area is 120 Å². The highest BCUT2D eigenvalue weighted by Crippen LogP contribution is 2.16. The van der Waals surface area contributed by atoms with E-state index in [0.717, 1.165) is 9.87 Å². The van der Waals surface area contributed by atoms with Gasteiger partial charge in [-0.3, -0.25) is 0 Å². The maximum absolute atomic E-state index is 12.4. The van der Waals surface area contributed by atoms with E-state index in [4.69, 9.17) is 11.7 Å². The molecule has 0 saturated heterocycles. The lowest BCUT2D eigenvalue weighted by Crippen LogP contribution is -2.27. The molecular weight excluding hydrogens is 272 g/mol. The van der Waals surface area contributed by atoms with Gasteiger partial charge in [-0.15, -0.1) is 12.3 Å². The van der Waals surface area contributed by atoms with E-state index in [0.29, 0.717) is 12.8 Å². The molecule has 0 N–H and O–H groups in total. The lowest BCUT2D eigenvalue weighted by atomic mass is 10.2. The van der Waals surface area contributed by atoms with Gasteiger partial charge in [0.25, 0.3) is 10.0 Å². The summed E-state index contributed by atoms with van der Waals surface area (Å²) in [6.07, 6.45) is 6.09. The van der Waals surface area contributed by atoms with Gasteiger partial charge >= 0.3 is 0 Å². The van der Waals surface area contributed by atoms with Crippen molar-refractivity contribution in [2.75, 3.05) is 6.54 Å². The first-order valence-electron chi connectivity index (χ1n) is 5.95. The van der Waals surface area contributed by atoms with Gasteiger partial charge in [0.1, 0.15) is 0 Å². The van der Waals surface area contributed by atoms with Gasteiger partial charge in [-0.1, -0.05) is 17.7 Å². The van der Waals surface area contributed by atoms with Gasteiger partial charge in [0, 0.05) is 24.9 Å². The average Bonchev–Trinajstić information content (AvgIpc) is 2.43. The second-order valence-corrected chi connectivity index (χ2v) is 5.91. The molecule has 0 aliphatic rings. The van der Waals surface area contributed by atoms with Crippen molar-refractivity contribution in [1.29, 1.82) is 5.26 Å². The molecule has 0 aromatic heterocycles. The van der Waals surface area contributed by atoms with Crippen molar-refractivity contribution in [3.05, 3.63) is 29.8 Å². The van der Waals surface area contributed by atoms with Crippen LogP contribution in [0.15, 0.2) is 29.2 Å². The van der Waals surface area contributed by atoms with Crippen LogP contribution in [0.3, 0.4) is 0 Å². The van der Waals surface area contributed by atoms with Crippen molar-refractivity contribution in [3.63, 3.8) is 0 Å². The predicted octanol–water partition coefficient (Wildman–Crippen LogP) is 1.88. The summed E-state index contributed by atoms with van der Waals surface area (Å²) < 4.78 is 25.8. The Morgan fingerprint density at radius 2 is 1.95 bits per heavy atom. The largest absolute Gasteiger partial charge is 0.271 e. The van der Waals surface area contributed by atoms with Crippen LogP contribution in [-0.4, -0.2) is 19.3 Å². The zero-order valence-corrected chi connectivity index (χ0v) is 11.9. The van der Waals surface area contributed by atoms with E-state index in [1.165, 1.54) is 12.1 Å². The molecule has 0 radical (unpaired) electrons. The van der Waals surface area contributed by atoms with Crippen molar-refractivity contribution in [3.8, 4) is 30.4 Å².